The molecule has 18 heavy (non-hydrogen) atoms. The predicted molar refractivity (Wildman–Crippen MR) is 77.6 cm³/mol. The zero-order chi connectivity index (χ0) is 13.1. The normalized spacial score (nSPS) is 19.8. The Morgan fingerprint density at radius 3 is 2.22 bits per heavy atom. The molecule has 1 rings (SSSR count). The van der Waals surface area contributed by atoms with Crippen molar-refractivity contribution < 1.29 is 4.79 Å². The molecular formula is C16H31NO. The molecule has 1 heterocycles. The third-order valence-corrected chi connectivity index (χ3v) is 3.98. The van der Waals surface area contributed by atoms with Gasteiger partial charge in [0.15, 0.2) is 0 Å². The summed E-state index contributed by atoms with van der Waals surface area (Å²) in [6.07, 6.45) is 16.7. The zero-order valence-corrected chi connectivity index (χ0v) is 12.2. The summed E-state index contributed by atoms with van der Waals surface area (Å²) in [6, 6.07) is 0.482. The predicted octanol–water partition coefficient (Wildman–Crippen LogP) is 4.58. The SMILES string of the molecule is CCCCCCCCCCCC1CCCC(=O)N1. The topological polar surface area (TPSA) is 29.1 Å². The van der Waals surface area contributed by atoms with Gasteiger partial charge in [-0.1, -0.05) is 64.7 Å². The zero-order valence-electron chi connectivity index (χ0n) is 12.2. The summed E-state index contributed by atoms with van der Waals surface area (Å²) < 4.78 is 0. The monoisotopic (exact) mass is 253 g/mol. The van der Waals surface area contributed by atoms with Crippen LogP contribution in [0.4, 0.5) is 0 Å². The van der Waals surface area contributed by atoms with Crippen molar-refractivity contribution >= 4 is 5.91 Å². The summed E-state index contributed by atoms with van der Waals surface area (Å²) in [5, 5.41) is 3.10. The van der Waals surface area contributed by atoms with Crippen molar-refractivity contribution in [3.8, 4) is 0 Å². The van der Waals surface area contributed by atoms with Gasteiger partial charge in [0.1, 0.15) is 0 Å². The van der Waals surface area contributed by atoms with Crippen LogP contribution in [0.3, 0.4) is 0 Å². The lowest BCUT2D eigenvalue weighted by atomic mass is 9.98. The summed E-state index contributed by atoms with van der Waals surface area (Å²) in [5.74, 6) is 0.266. The maximum atomic E-state index is 11.2. The molecule has 1 aliphatic heterocycles. The molecule has 1 amide bonds. The fourth-order valence-electron chi connectivity index (χ4n) is 2.80. The molecule has 1 unspecified atom stereocenters. The molecule has 0 aliphatic carbocycles. The highest BCUT2D eigenvalue weighted by Gasteiger charge is 2.16. The van der Waals surface area contributed by atoms with Gasteiger partial charge in [0.2, 0.25) is 5.91 Å². The van der Waals surface area contributed by atoms with Gasteiger partial charge in [-0.25, -0.2) is 0 Å². The minimum absolute atomic E-state index is 0.266. The molecule has 0 saturated carbocycles. The van der Waals surface area contributed by atoms with Crippen molar-refractivity contribution in [3.63, 3.8) is 0 Å². The average Bonchev–Trinajstić information content (AvgIpc) is 2.37. The molecule has 0 bridgehead atoms. The molecule has 2 heteroatoms. The third kappa shape index (κ3) is 7.73. The Morgan fingerprint density at radius 1 is 1.00 bits per heavy atom. The number of hydrogen-bond acceptors (Lipinski definition) is 1. The lowest BCUT2D eigenvalue weighted by molar-refractivity contribution is -0.123. The van der Waals surface area contributed by atoms with Crippen LogP contribution in [0, 0.1) is 0 Å². The Morgan fingerprint density at radius 2 is 1.61 bits per heavy atom. The van der Waals surface area contributed by atoms with Crippen molar-refractivity contribution in [2.45, 2.75) is 96.4 Å². The number of amides is 1. The molecule has 1 aliphatic rings. The van der Waals surface area contributed by atoms with Crippen LogP contribution in [0.1, 0.15) is 90.4 Å². The second-order valence-electron chi connectivity index (χ2n) is 5.77. The number of nitrogens with one attached hydrogen (secondary N) is 1. The first kappa shape index (κ1) is 15.5. The van der Waals surface area contributed by atoms with Gasteiger partial charge in [0, 0.05) is 12.5 Å². The standard InChI is InChI=1S/C16H31NO/c1-2-3-4-5-6-7-8-9-10-12-15-13-11-14-16(18)17-15/h15H,2-14H2,1H3,(H,17,18). The van der Waals surface area contributed by atoms with E-state index in [1.807, 2.05) is 0 Å². The minimum atomic E-state index is 0.266. The molecule has 0 aromatic carbocycles. The van der Waals surface area contributed by atoms with E-state index < -0.39 is 0 Å². The van der Waals surface area contributed by atoms with Crippen LogP contribution in [0.2, 0.25) is 0 Å². The number of hydrogen-bond donors (Lipinski definition) is 1. The van der Waals surface area contributed by atoms with Crippen molar-refractivity contribution in [2.75, 3.05) is 0 Å². The van der Waals surface area contributed by atoms with Crippen LogP contribution >= 0.6 is 0 Å². The number of carbonyl (C=O) groups is 1. The van der Waals surface area contributed by atoms with Gasteiger partial charge in [0.05, 0.1) is 0 Å². The van der Waals surface area contributed by atoms with E-state index in [1.54, 1.807) is 0 Å². The van der Waals surface area contributed by atoms with Gasteiger partial charge in [0.25, 0.3) is 0 Å². The lowest BCUT2D eigenvalue weighted by Crippen LogP contribution is -2.38. The van der Waals surface area contributed by atoms with Crippen molar-refractivity contribution in [3.05, 3.63) is 0 Å². The molecule has 1 saturated heterocycles. The van der Waals surface area contributed by atoms with Crippen LogP contribution in [-0.2, 0) is 4.79 Å². The number of piperidine rings is 1. The first-order chi connectivity index (χ1) is 8.83. The maximum absolute atomic E-state index is 11.2. The van der Waals surface area contributed by atoms with Gasteiger partial charge < -0.3 is 5.32 Å². The van der Waals surface area contributed by atoms with E-state index >= 15 is 0 Å². The number of carbonyl (C=O) groups excluding carboxylic acids is 1. The molecule has 0 aromatic rings. The summed E-state index contributed by atoms with van der Waals surface area (Å²) in [7, 11) is 0. The third-order valence-electron chi connectivity index (χ3n) is 3.98. The van der Waals surface area contributed by atoms with E-state index in [-0.39, 0.29) is 5.91 Å². The Kier molecular flexibility index (Phi) is 8.97. The molecule has 2 nitrogen and oxygen atoms in total. The van der Waals surface area contributed by atoms with Gasteiger partial charge in [-0.2, -0.15) is 0 Å². The van der Waals surface area contributed by atoms with E-state index in [1.165, 1.54) is 70.6 Å². The van der Waals surface area contributed by atoms with Crippen molar-refractivity contribution in [1.82, 2.24) is 5.32 Å². The molecular weight excluding hydrogens is 222 g/mol. The van der Waals surface area contributed by atoms with Gasteiger partial charge in [-0.15, -0.1) is 0 Å². The summed E-state index contributed by atoms with van der Waals surface area (Å²) >= 11 is 0. The first-order valence-corrected chi connectivity index (χ1v) is 8.12. The summed E-state index contributed by atoms with van der Waals surface area (Å²) in [4.78, 5) is 11.2. The van der Waals surface area contributed by atoms with Gasteiger partial charge in [-0.05, 0) is 19.3 Å². The van der Waals surface area contributed by atoms with E-state index in [4.69, 9.17) is 0 Å². The van der Waals surface area contributed by atoms with Gasteiger partial charge in [-0.3, -0.25) is 4.79 Å². The van der Waals surface area contributed by atoms with Crippen molar-refractivity contribution in [1.29, 1.82) is 0 Å². The van der Waals surface area contributed by atoms with E-state index in [0.717, 1.165) is 12.8 Å². The molecule has 1 atom stereocenters. The van der Waals surface area contributed by atoms with Crippen LogP contribution in [-0.4, -0.2) is 11.9 Å². The van der Waals surface area contributed by atoms with E-state index in [9.17, 15) is 4.79 Å². The molecule has 0 radical (unpaired) electrons. The largest absolute Gasteiger partial charge is 0.353 e. The molecule has 106 valence electrons. The number of rotatable bonds is 10. The quantitative estimate of drug-likeness (QED) is 0.567. The highest BCUT2D eigenvalue weighted by Crippen LogP contribution is 2.16. The number of unbranched alkanes of at least 4 members (excludes halogenated alkanes) is 8. The molecule has 1 N–H and O–H groups in total. The Bertz CT molecular complexity index is 215. The summed E-state index contributed by atoms with van der Waals surface area (Å²) in [6.45, 7) is 2.27. The van der Waals surface area contributed by atoms with Crippen LogP contribution in [0.15, 0.2) is 0 Å². The molecule has 1 fully saturated rings. The van der Waals surface area contributed by atoms with Crippen LogP contribution in [0.5, 0.6) is 0 Å². The van der Waals surface area contributed by atoms with Crippen molar-refractivity contribution in [2.24, 2.45) is 0 Å². The average molecular weight is 253 g/mol. The first-order valence-electron chi connectivity index (χ1n) is 8.12. The van der Waals surface area contributed by atoms with E-state index in [0.29, 0.717) is 6.04 Å². The highest BCUT2D eigenvalue weighted by molar-refractivity contribution is 5.76. The lowest BCUT2D eigenvalue weighted by Gasteiger charge is -2.23. The Balaban J connectivity index is 1.82. The second kappa shape index (κ2) is 10.4. The van der Waals surface area contributed by atoms with E-state index in [2.05, 4.69) is 12.2 Å². The summed E-state index contributed by atoms with van der Waals surface area (Å²) in [5.41, 5.74) is 0. The minimum Gasteiger partial charge on any atom is -0.353 e. The van der Waals surface area contributed by atoms with Crippen LogP contribution in [0.25, 0.3) is 0 Å². The smallest absolute Gasteiger partial charge is 0.220 e. The molecule has 0 aromatic heterocycles. The Labute approximate surface area is 113 Å². The van der Waals surface area contributed by atoms with Crippen LogP contribution < -0.4 is 5.32 Å². The fourth-order valence-corrected chi connectivity index (χ4v) is 2.80. The Hall–Kier alpha value is -0.530. The second-order valence-corrected chi connectivity index (χ2v) is 5.77. The fraction of sp³-hybridized carbons (Fsp3) is 0.938. The highest BCUT2D eigenvalue weighted by atomic mass is 16.1. The maximum Gasteiger partial charge on any atom is 0.220 e. The molecule has 0 spiro atoms. The van der Waals surface area contributed by atoms with Gasteiger partial charge >= 0.3 is 0 Å².